The van der Waals surface area contributed by atoms with E-state index in [1.807, 2.05) is 0 Å². The Morgan fingerprint density at radius 1 is 1.21 bits per heavy atom. The fraction of sp³-hybridized carbons (Fsp3) is 1.00. The maximum atomic E-state index is 9.44. The van der Waals surface area contributed by atoms with E-state index in [9.17, 15) is 5.11 Å². The average Bonchev–Trinajstić information content (AvgIpc) is 2.77. The molecule has 0 spiro atoms. The minimum absolute atomic E-state index is 0.310. The second-order valence-corrected chi connectivity index (χ2v) is 7.77. The quantitative estimate of drug-likeness (QED) is 0.825. The summed E-state index contributed by atoms with van der Waals surface area (Å²) in [6.45, 7) is 9.63. The summed E-state index contributed by atoms with van der Waals surface area (Å²) in [4.78, 5) is 2.48. The van der Waals surface area contributed by atoms with Gasteiger partial charge in [0.2, 0.25) is 0 Å². The van der Waals surface area contributed by atoms with Crippen LogP contribution in [0.5, 0.6) is 0 Å². The fourth-order valence-electron chi connectivity index (χ4n) is 3.93. The molecular weight excluding hydrogens is 236 g/mol. The van der Waals surface area contributed by atoms with E-state index in [1.54, 1.807) is 0 Å². The van der Waals surface area contributed by atoms with E-state index < -0.39 is 0 Å². The van der Waals surface area contributed by atoms with Crippen LogP contribution in [0.3, 0.4) is 0 Å². The predicted octanol–water partition coefficient (Wildman–Crippen LogP) is 2.23. The Bertz CT molecular complexity index is 287. The van der Waals surface area contributed by atoms with E-state index in [0.717, 1.165) is 25.4 Å². The van der Waals surface area contributed by atoms with E-state index in [2.05, 4.69) is 25.7 Å². The molecule has 0 amide bonds. The van der Waals surface area contributed by atoms with Gasteiger partial charge in [0, 0.05) is 18.6 Å². The third kappa shape index (κ3) is 3.71. The van der Waals surface area contributed by atoms with E-state index in [1.165, 1.54) is 25.7 Å². The van der Waals surface area contributed by atoms with Gasteiger partial charge in [-0.15, -0.1) is 0 Å². The Morgan fingerprint density at radius 3 is 2.58 bits per heavy atom. The van der Waals surface area contributed by atoms with Gasteiger partial charge in [0.05, 0.1) is 6.61 Å². The number of aliphatic hydroxyl groups is 1. The van der Waals surface area contributed by atoms with Crippen molar-refractivity contribution in [2.75, 3.05) is 19.7 Å². The Morgan fingerprint density at radius 2 is 1.95 bits per heavy atom. The molecule has 3 nitrogen and oxygen atoms in total. The maximum absolute atomic E-state index is 9.44. The van der Waals surface area contributed by atoms with Crippen molar-refractivity contribution < 1.29 is 5.11 Å². The fourth-order valence-corrected chi connectivity index (χ4v) is 3.93. The van der Waals surface area contributed by atoms with Crippen molar-refractivity contribution in [3.63, 3.8) is 0 Å². The van der Waals surface area contributed by atoms with Gasteiger partial charge >= 0.3 is 0 Å². The lowest BCUT2D eigenvalue weighted by molar-refractivity contribution is 0.0821. The summed E-state index contributed by atoms with van der Waals surface area (Å²) < 4.78 is 0. The SMILES string of the molecule is CC(C)(C)C1CCC(N)C(CN2CCCC2CO)C1. The van der Waals surface area contributed by atoms with Crippen LogP contribution in [0.25, 0.3) is 0 Å². The molecule has 2 aliphatic rings. The first-order valence-electron chi connectivity index (χ1n) is 8.02. The molecule has 0 aromatic carbocycles. The topological polar surface area (TPSA) is 49.5 Å². The lowest BCUT2D eigenvalue weighted by Crippen LogP contribution is -2.46. The second-order valence-electron chi connectivity index (χ2n) is 7.77. The number of nitrogens with zero attached hydrogens (tertiary/aromatic N) is 1. The van der Waals surface area contributed by atoms with Gasteiger partial charge in [-0.2, -0.15) is 0 Å². The van der Waals surface area contributed by atoms with Crippen molar-refractivity contribution in [3.8, 4) is 0 Å². The van der Waals surface area contributed by atoms with Gasteiger partial charge in [-0.05, 0) is 55.9 Å². The molecule has 3 N–H and O–H groups in total. The molecule has 0 bridgehead atoms. The molecule has 0 aromatic heterocycles. The number of nitrogens with two attached hydrogens (primary N) is 1. The summed E-state index contributed by atoms with van der Waals surface area (Å²) in [6, 6.07) is 0.751. The number of aliphatic hydroxyl groups excluding tert-OH is 1. The molecule has 3 heteroatoms. The zero-order valence-electron chi connectivity index (χ0n) is 12.9. The number of likely N-dealkylation sites (tertiary alicyclic amines) is 1. The molecule has 2 fully saturated rings. The van der Waals surface area contributed by atoms with Gasteiger partial charge < -0.3 is 10.8 Å². The highest BCUT2D eigenvalue weighted by molar-refractivity contribution is 4.90. The molecule has 0 aromatic rings. The van der Waals surface area contributed by atoms with E-state index in [-0.39, 0.29) is 0 Å². The van der Waals surface area contributed by atoms with Gasteiger partial charge in [-0.3, -0.25) is 4.90 Å². The first kappa shape index (κ1) is 15.3. The van der Waals surface area contributed by atoms with Crippen molar-refractivity contribution in [2.45, 2.75) is 65.0 Å². The third-order valence-electron chi connectivity index (χ3n) is 5.44. The summed E-state index contributed by atoms with van der Waals surface area (Å²) in [7, 11) is 0. The largest absolute Gasteiger partial charge is 0.395 e. The molecule has 1 saturated heterocycles. The minimum Gasteiger partial charge on any atom is -0.395 e. The summed E-state index contributed by atoms with van der Waals surface area (Å²) in [5.41, 5.74) is 6.76. The Kier molecular flexibility index (Phi) is 4.91. The van der Waals surface area contributed by atoms with Gasteiger partial charge in [0.1, 0.15) is 0 Å². The highest BCUT2D eigenvalue weighted by Gasteiger charge is 2.36. The molecule has 4 atom stereocenters. The molecule has 2 rings (SSSR count). The highest BCUT2D eigenvalue weighted by atomic mass is 16.3. The van der Waals surface area contributed by atoms with Crippen molar-refractivity contribution >= 4 is 0 Å². The molecule has 0 radical (unpaired) electrons. The van der Waals surface area contributed by atoms with Crippen molar-refractivity contribution in [2.24, 2.45) is 23.0 Å². The van der Waals surface area contributed by atoms with Crippen LogP contribution in [0.1, 0.15) is 52.9 Å². The molecule has 19 heavy (non-hydrogen) atoms. The molecular formula is C16H32N2O. The number of hydrogen-bond donors (Lipinski definition) is 2. The lowest BCUT2D eigenvalue weighted by Gasteiger charge is -2.42. The zero-order chi connectivity index (χ0) is 14.0. The molecule has 1 heterocycles. The van der Waals surface area contributed by atoms with E-state index >= 15 is 0 Å². The zero-order valence-corrected chi connectivity index (χ0v) is 12.9. The monoisotopic (exact) mass is 268 g/mol. The molecule has 112 valence electrons. The van der Waals surface area contributed by atoms with Crippen LogP contribution in [0, 0.1) is 17.3 Å². The molecule has 1 saturated carbocycles. The number of rotatable bonds is 3. The summed E-state index contributed by atoms with van der Waals surface area (Å²) in [5, 5.41) is 9.44. The van der Waals surface area contributed by atoms with Crippen molar-refractivity contribution in [1.82, 2.24) is 4.90 Å². The standard InChI is InChI=1S/C16H32N2O/c1-16(2,3)13-6-7-15(17)12(9-13)10-18-8-4-5-14(18)11-19/h12-15,19H,4-11,17H2,1-3H3. The summed E-state index contributed by atoms with van der Waals surface area (Å²) in [5.74, 6) is 1.41. The average molecular weight is 268 g/mol. The van der Waals surface area contributed by atoms with Crippen molar-refractivity contribution in [1.29, 1.82) is 0 Å². The Labute approximate surface area is 118 Å². The van der Waals surface area contributed by atoms with Crippen LogP contribution in [-0.4, -0.2) is 41.8 Å². The smallest absolute Gasteiger partial charge is 0.0586 e. The van der Waals surface area contributed by atoms with Gasteiger partial charge in [0.25, 0.3) is 0 Å². The Balaban J connectivity index is 1.94. The summed E-state index contributed by atoms with van der Waals surface area (Å²) >= 11 is 0. The van der Waals surface area contributed by atoms with Crippen LogP contribution >= 0.6 is 0 Å². The van der Waals surface area contributed by atoms with E-state index in [4.69, 9.17) is 5.73 Å². The first-order chi connectivity index (χ1) is 8.91. The minimum atomic E-state index is 0.310. The highest BCUT2D eigenvalue weighted by Crippen LogP contribution is 2.40. The van der Waals surface area contributed by atoms with Crippen LogP contribution in [0.4, 0.5) is 0 Å². The molecule has 4 unspecified atom stereocenters. The van der Waals surface area contributed by atoms with E-state index in [0.29, 0.717) is 30.0 Å². The second kappa shape index (κ2) is 6.11. The summed E-state index contributed by atoms with van der Waals surface area (Å²) in [6.07, 6.45) is 6.10. The lowest BCUT2D eigenvalue weighted by atomic mass is 9.67. The number of hydrogen-bond acceptors (Lipinski definition) is 3. The van der Waals surface area contributed by atoms with Crippen LogP contribution < -0.4 is 5.73 Å². The van der Waals surface area contributed by atoms with Gasteiger partial charge in [-0.1, -0.05) is 20.8 Å². The van der Waals surface area contributed by atoms with Crippen molar-refractivity contribution in [3.05, 3.63) is 0 Å². The van der Waals surface area contributed by atoms with Gasteiger partial charge in [-0.25, -0.2) is 0 Å². The maximum Gasteiger partial charge on any atom is 0.0586 e. The molecule has 1 aliphatic carbocycles. The Hall–Kier alpha value is -0.120. The third-order valence-corrected chi connectivity index (χ3v) is 5.44. The normalized spacial score (nSPS) is 37.7. The predicted molar refractivity (Wildman–Crippen MR) is 79.9 cm³/mol. The van der Waals surface area contributed by atoms with Crippen LogP contribution in [0.15, 0.2) is 0 Å². The van der Waals surface area contributed by atoms with Crippen LogP contribution in [-0.2, 0) is 0 Å². The molecule has 1 aliphatic heterocycles. The van der Waals surface area contributed by atoms with Gasteiger partial charge in [0.15, 0.2) is 0 Å². The van der Waals surface area contributed by atoms with Crippen LogP contribution in [0.2, 0.25) is 0 Å². The first-order valence-corrected chi connectivity index (χ1v) is 8.02.